The predicted octanol–water partition coefficient (Wildman–Crippen LogP) is 4.54. The number of nitrogens with zero attached hydrogens (tertiary/aromatic N) is 1. The molecule has 1 N–H and O–H groups in total. The summed E-state index contributed by atoms with van der Waals surface area (Å²) in [6.07, 6.45) is 2.16. The number of thioether (sulfide) groups is 1. The Morgan fingerprint density at radius 1 is 1.12 bits per heavy atom. The molecule has 7 nitrogen and oxygen atoms in total. The van der Waals surface area contributed by atoms with Crippen LogP contribution in [0.1, 0.15) is 52.7 Å². The Balaban J connectivity index is 0.00000466. The van der Waals surface area contributed by atoms with Gasteiger partial charge in [0, 0.05) is 20.1 Å². The number of likely N-dealkylation sites (N-methyl/N-ethyl adjacent to an activating group) is 1. The molecule has 8 heteroatoms. The van der Waals surface area contributed by atoms with Crippen LogP contribution in [0.4, 0.5) is 4.79 Å². The van der Waals surface area contributed by atoms with Gasteiger partial charge in [0.25, 0.3) is 5.91 Å². The molecule has 0 radical (unpaired) electrons. The maximum atomic E-state index is 12.7. The summed E-state index contributed by atoms with van der Waals surface area (Å²) in [4.78, 5) is 37.0. The lowest BCUT2D eigenvalue weighted by Gasteiger charge is -2.20. The zero-order chi connectivity index (χ0) is 24.6. The van der Waals surface area contributed by atoms with Gasteiger partial charge in [-0.25, -0.2) is 4.79 Å². The van der Waals surface area contributed by atoms with Gasteiger partial charge in [-0.15, -0.1) is 0 Å². The molecule has 32 heavy (non-hydrogen) atoms. The molecule has 180 valence electrons. The van der Waals surface area contributed by atoms with Gasteiger partial charge >= 0.3 is 6.09 Å². The maximum absolute atomic E-state index is 12.7. The normalized spacial score (nSPS) is 11.2. The van der Waals surface area contributed by atoms with E-state index in [0.29, 0.717) is 36.8 Å². The van der Waals surface area contributed by atoms with Crippen molar-refractivity contribution in [3.63, 3.8) is 0 Å². The first-order valence-corrected chi connectivity index (χ1v) is 11.7. The maximum Gasteiger partial charge on any atom is 0.407 e. The molecular weight excluding hydrogens is 428 g/mol. The number of ether oxygens (including phenoxy) is 2. The number of alkyl carbamates (subject to hydrolysis) is 1. The molecular formula is C24H38N2O5S. The molecule has 0 aromatic heterocycles. The van der Waals surface area contributed by atoms with Crippen LogP contribution in [0.2, 0.25) is 0 Å². The van der Waals surface area contributed by atoms with Crippen molar-refractivity contribution in [1.29, 1.82) is 0 Å². The minimum absolute atomic E-state index is 0.248. The molecule has 1 rings (SSSR count). The van der Waals surface area contributed by atoms with Crippen LogP contribution < -0.4 is 5.32 Å². The number of aryl methyl sites for hydroxylation is 1. The lowest BCUT2D eigenvalue weighted by atomic mass is 10.1. The van der Waals surface area contributed by atoms with E-state index >= 15 is 0 Å². The van der Waals surface area contributed by atoms with E-state index in [2.05, 4.69) is 12.2 Å². The Hall–Kier alpha value is -2.32. The average molecular weight is 467 g/mol. The third kappa shape index (κ3) is 13.2. The second-order valence-electron chi connectivity index (χ2n) is 7.59. The van der Waals surface area contributed by atoms with Gasteiger partial charge in [-0.3, -0.25) is 9.59 Å². The molecule has 0 atom stereocenters. The Labute approximate surface area is 196 Å². The van der Waals surface area contributed by atoms with E-state index < -0.39 is 11.7 Å². The molecule has 0 heterocycles. The molecule has 0 unspecified atom stereocenters. The largest absolute Gasteiger partial charge is 0.444 e. The Morgan fingerprint density at radius 3 is 2.28 bits per heavy atom. The second-order valence-corrected chi connectivity index (χ2v) is 8.45. The average Bonchev–Trinajstić information content (AvgIpc) is 2.75. The van der Waals surface area contributed by atoms with Crippen LogP contribution in [0.15, 0.2) is 29.2 Å². The number of benzene rings is 1. The number of hydrogen-bond donors (Lipinski definition) is 1. The molecule has 0 aliphatic heterocycles. The molecule has 1 aromatic carbocycles. The van der Waals surface area contributed by atoms with Crippen molar-refractivity contribution < 1.29 is 23.9 Å². The highest BCUT2D eigenvalue weighted by Crippen LogP contribution is 2.20. The van der Waals surface area contributed by atoms with E-state index in [0.717, 1.165) is 23.7 Å². The van der Waals surface area contributed by atoms with Crippen LogP contribution in [-0.4, -0.2) is 61.5 Å². The number of rotatable bonds is 11. The fraction of sp³-hybridized carbons (Fsp3) is 0.542. The summed E-state index contributed by atoms with van der Waals surface area (Å²) in [6.45, 7) is 12.7. The summed E-state index contributed by atoms with van der Waals surface area (Å²) in [5, 5.41) is 2.60. The molecule has 0 aliphatic carbocycles. The minimum atomic E-state index is -0.545. The first-order chi connectivity index (χ1) is 15.2. The SMILES string of the molecule is CC.CCc1ccc(/C=C(\SC=O)C(=O)N(C)CCOCCNC(=O)OC(C)(C)C)cc1. The van der Waals surface area contributed by atoms with E-state index in [1.807, 2.05) is 38.1 Å². The molecule has 0 spiro atoms. The monoisotopic (exact) mass is 466 g/mol. The van der Waals surface area contributed by atoms with Crippen molar-refractivity contribution in [3.05, 3.63) is 40.3 Å². The summed E-state index contributed by atoms with van der Waals surface area (Å²) in [5.41, 5.74) is 2.18. The third-order valence-corrected chi connectivity index (χ3v) is 4.55. The molecule has 2 amide bonds. The van der Waals surface area contributed by atoms with E-state index in [1.54, 1.807) is 33.9 Å². The quantitative estimate of drug-likeness (QED) is 0.293. The number of hydrogen-bond acceptors (Lipinski definition) is 6. The van der Waals surface area contributed by atoms with Gasteiger partial charge in [0.05, 0.1) is 18.1 Å². The summed E-state index contributed by atoms with van der Waals surface area (Å²) < 4.78 is 10.6. The highest BCUT2D eigenvalue weighted by Gasteiger charge is 2.16. The van der Waals surface area contributed by atoms with Crippen LogP contribution in [-0.2, 0) is 25.5 Å². The van der Waals surface area contributed by atoms with Gasteiger partial charge in [-0.2, -0.15) is 0 Å². The lowest BCUT2D eigenvalue weighted by molar-refractivity contribution is -0.125. The molecule has 0 saturated carbocycles. The Bertz CT molecular complexity index is 727. The van der Waals surface area contributed by atoms with Gasteiger partial charge < -0.3 is 19.7 Å². The molecule has 0 aliphatic rings. The predicted molar refractivity (Wildman–Crippen MR) is 132 cm³/mol. The topological polar surface area (TPSA) is 84.9 Å². The van der Waals surface area contributed by atoms with Gasteiger partial charge in [0.1, 0.15) is 5.60 Å². The highest BCUT2D eigenvalue weighted by atomic mass is 32.2. The molecule has 0 bridgehead atoms. The smallest absolute Gasteiger partial charge is 0.407 e. The third-order valence-electron chi connectivity index (χ3n) is 3.90. The van der Waals surface area contributed by atoms with E-state index in [1.165, 1.54) is 10.5 Å². The molecule has 1 aromatic rings. The van der Waals surface area contributed by atoms with Gasteiger partial charge in [0.15, 0.2) is 5.62 Å². The van der Waals surface area contributed by atoms with Crippen molar-refractivity contribution in [1.82, 2.24) is 10.2 Å². The summed E-state index contributed by atoms with van der Waals surface area (Å²) in [7, 11) is 1.66. The second kappa shape index (κ2) is 16.3. The molecule has 0 fully saturated rings. The first kappa shape index (κ1) is 29.7. The van der Waals surface area contributed by atoms with Crippen LogP contribution >= 0.6 is 11.8 Å². The van der Waals surface area contributed by atoms with Gasteiger partial charge in [-0.1, -0.05) is 45.0 Å². The Morgan fingerprint density at radius 2 is 1.75 bits per heavy atom. The number of carbonyl (C=O) groups is 3. The number of carbonyl (C=O) groups excluding carboxylic acids is 3. The summed E-state index contributed by atoms with van der Waals surface area (Å²) in [6, 6.07) is 7.86. The standard InChI is InChI=1S/C22H32N2O5S.C2H6/c1-6-17-7-9-18(10-8-17)15-19(30-16-25)20(26)24(5)12-14-28-13-11-23-21(27)29-22(2,3)4;1-2/h7-10,15-16H,6,11-14H2,1-5H3,(H,23,27);1-2H3/b19-15-;. The van der Waals surface area contributed by atoms with Crippen LogP contribution in [0, 0.1) is 0 Å². The van der Waals surface area contributed by atoms with Crippen LogP contribution in [0.3, 0.4) is 0 Å². The summed E-state index contributed by atoms with van der Waals surface area (Å²) >= 11 is 0.860. The van der Waals surface area contributed by atoms with Crippen molar-refractivity contribution in [3.8, 4) is 0 Å². The van der Waals surface area contributed by atoms with E-state index in [9.17, 15) is 14.4 Å². The van der Waals surface area contributed by atoms with E-state index in [4.69, 9.17) is 9.47 Å². The highest BCUT2D eigenvalue weighted by molar-refractivity contribution is 8.16. The van der Waals surface area contributed by atoms with Crippen molar-refractivity contribution in [2.45, 2.75) is 53.6 Å². The zero-order valence-electron chi connectivity index (χ0n) is 20.4. The Kier molecular flexibility index (Phi) is 15.1. The summed E-state index contributed by atoms with van der Waals surface area (Å²) in [5.74, 6) is -0.248. The fourth-order valence-corrected chi connectivity index (χ4v) is 2.90. The van der Waals surface area contributed by atoms with Crippen molar-refractivity contribution >= 4 is 35.5 Å². The van der Waals surface area contributed by atoms with Crippen LogP contribution in [0.25, 0.3) is 6.08 Å². The minimum Gasteiger partial charge on any atom is -0.444 e. The van der Waals surface area contributed by atoms with Crippen molar-refractivity contribution in [2.75, 3.05) is 33.4 Å². The number of nitrogens with one attached hydrogen (secondary N) is 1. The molecule has 0 saturated heterocycles. The van der Waals surface area contributed by atoms with Gasteiger partial charge in [-0.05, 0) is 56.2 Å². The number of amides is 2. The lowest BCUT2D eigenvalue weighted by Crippen LogP contribution is -2.35. The van der Waals surface area contributed by atoms with Crippen molar-refractivity contribution in [2.24, 2.45) is 0 Å². The zero-order valence-corrected chi connectivity index (χ0v) is 21.2. The fourth-order valence-electron chi connectivity index (χ4n) is 2.33. The first-order valence-electron chi connectivity index (χ1n) is 10.9. The van der Waals surface area contributed by atoms with Gasteiger partial charge in [0.2, 0.25) is 0 Å². The van der Waals surface area contributed by atoms with E-state index in [-0.39, 0.29) is 5.91 Å². The van der Waals surface area contributed by atoms with Crippen LogP contribution in [0.5, 0.6) is 0 Å².